The summed E-state index contributed by atoms with van der Waals surface area (Å²) >= 11 is 0. The number of nitrogens with zero attached hydrogens (tertiary/aromatic N) is 1. The molecule has 80 valence electrons. The molecule has 1 fully saturated rings. The monoisotopic (exact) mass is 207 g/mol. The number of nitro groups is 1. The minimum atomic E-state index is -0.840. The normalized spacial score (nSPS) is 30.3. The molecule has 1 saturated carbocycles. The number of benzene rings is 1. The van der Waals surface area contributed by atoms with Crippen molar-refractivity contribution in [3.8, 4) is 0 Å². The molecule has 2 rings (SSSR count). The molecule has 1 N–H and O–H groups in total. The first-order valence-corrected chi connectivity index (χ1v) is 5.06. The van der Waals surface area contributed by atoms with Gasteiger partial charge in [-0.1, -0.05) is 30.3 Å². The van der Waals surface area contributed by atoms with E-state index in [-0.39, 0.29) is 10.8 Å². The Bertz CT molecular complexity index is 352. The largest absolute Gasteiger partial charge is 0.386 e. The van der Waals surface area contributed by atoms with Gasteiger partial charge in [-0.05, 0) is 18.4 Å². The summed E-state index contributed by atoms with van der Waals surface area (Å²) in [6, 6.07) is 8.56. The van der Waals surface area contributed by atoms with E-state index < -0.39 is 12.1 Å². The molecule has 4 heteroatoms. The third-order valence-corrected chi connectivity index (χ3v) is 3.05. The summed E-state index contributed by atoms with van der Waals surface area (Å²) in [5, 5.41) is 20.4. The van der Waals surface area contributed by atoms with E-state index in [2.05, 4.69) is 0 Å². The first kappa shape index (κ1) is 10.1. The Morgan fingerprint density at radius 3 is 2.53 bits per heavy atom. The van der Waals surface area contributed by atoms with Crippen LogP contribution in [0.3, 0.4) is 0 Å². The van der Waals surface area contributed by atoms with E-state index in [4.69, 9.17) is 0 Å². The molecule has 1 aliphatic carbocycles. The molecule has 0 bridgehead atoms. The van der Waals surface area contributed by atoms with Crippen molar-refractivity contribution in [2.24, 2.45) is 0 Å². The van der Waals surface area contributed by atoms with Crippen molar-refractivity contribution in [1.29, 1.82) is 0 Å². The summed E-state index contributed by atoms with van der Waals surface area (Å²) < 4.78 is 0. The van der Waals surface area contributed by atoms with Crippen LogP contribution in [0.1, 0.15) is 24.3 Å². The fourth-order valence-electron chi connectivity index (χ4n) is 2.31. The lowest BCUT2D eigenvalue weighted by Gasteiger charge is -2.14. The highest BCUT2D eigenvalue weighted by atomic mass is 16.6. The molecule has 2 unspecified atom stereocenters. The van der Waals surface area contributed by atoms with Crippen LogP contribution in [0.5, 0.6) is 0 Å². The molecule has 0 amide bonds. The van der Waals surface area contributed by atoms with Crippen molar-refractivity contribution in [1.82, 2.24) is 0 Å². The van der Waals surface area contributed by atoms with E-state index in [1.165, 1.54) is 0 Å². The Hall–Kier alpha value is -1.42. The molecule has 4 nitrogen and oxygen atoms in total. The Morgan fingerprint density at radius 2 is 1.93 bits per heavy atom. The van der Waals surface area contributed by atoms with Crippen molar-refractivity contribution in [3.63, 3.8) is 0 Å². The Balaban J connectivity index is 2.26. The van der Waals surface area contributed by atoms with Gasteiger partial charge in [0.25, 0.3) is 0 Å². The minimum absolute atomic E-state index is 0.142. The molecule has 0 radical (unpaired) electrons. The van der Waals surface area contributed by atoms with Gasteiger partial charge in [0.05, 0.1) is 5.92 Å². The van der Waals surface area contributed by atoms with Crippen molar-refractivity contribution in [3.05, 3.63) is 46.0 Å². The fourth-order valence-corrected chi connectivity index (χ4v) is 2.31. The minimum Gasteiger partial charge on any atom is -0.386 e. The first-order chi connectivity index (χ1) is 7.20. The maximum absolute atomic E-state index is 10.8. The average Bonchev–Trinajstić information content (AvgIpc) is 2.61. The fraction of sp³-hybridized carbons (Fsp3) is 0.455. The van der Waals surface area contributed by atoms with E-state index in [9.17, 15) is 15.2 Å². The van der Waals surface area contributed by atoms with Crippen LogP contribution in [0.4, 0.5) is 0 Å². The molecule has 1 aromatic carbocycles. The maximum Gasteiger partial charge on any atom is 0.245 e. The van der Waals surface area contributed by atoms with Gasteiger partial charge in [0, 0.05) is 4.92 Å². The van der Waals surface area contributed by atoms with Crippen molar-refractivity contribution in [2.45, 2.75) is 30.9 Å². The highest BCUT2D eigenvalue weighted by molar-refractivity contribution is 5.22. The third kappa shape index (κ3) is 1.85. The molecule has 0 aromatic heterocycles. The van der Waals surface area contributed by atoms with E-state index in [1.54, 1.807) is 0 Å². The Labute approximate surface area is 87.7 Å². The molecule has 3 atom stereocenters. The summed E-state index contributed by atoms with van der Waals surface area (Å²) in [6.07, 6.45) is 0.410. The zero-order valence-corrected chi connectivity index (χ0v) is 8.24. The number of hydrogen-bond acceptors (Lipinski definition) is 3. The lowest BCUT2D eigenvalue weighted by molar-refractivity contribution is -0.533. The van der Waals surface area contributed by atoms with Gasteiger partial charge in [-0.15, -0.1) is 0 Å². The SMILES string of the molecule is O=[N+]([O-])C1C(O)CC[C@H]1c1ccccc1. The summed E-state index contributed by atoms with van der Waals surface area (Å²) in [5.41, 5.74) is 0.954. The van der Waals surface area contributed by atoms with Crippen LogP contribution in [0.15, 0.2) is 30.3 Å². The van der Waals surface area contributed by atoms with Crippen molar-refractivity contribution in [2.75, 3.05) is 0 Å². The van der Waals surface area contributed by atoms with Crippen molar-refractivity contribution < 1.29 is 10.0 Å². The van der Waals surface area contributed by atoms with Gasteiger partial charge in [-0.25, -0.2) is 0 Å². The van der Waals surface area contributed by atoms with Crippen LogP contribution < -0.4 is 0 Å². The van der Waals surface area contributed by atoms with E-state index in [0.717, 1.165) is 5.56 Å². The average molecular weight is 207 g/mol. The lowest BCUT2D eigenvalue weighted by atomic mass is 9.94. The van der Waals surface area contributed by atoms with Gasteiger partial charge >= 0.3 is 0 Å². The maximum atomic E-state index is 10.8. The molecule has 0 spiro atoms. The molecule has 0 saturated heterocycles. The van der Waals surface area contributed by atoms with E-state index >= 15 is 0 Å². The van der Waals surface area contributed by atoms with Gasteiger partial charge in [0.2, 0.25) is 6.04 Å². The van der Waals surface area contributed by atoms with Gasteiger partial charge in [-0.3, -0.25) is 10.1 Å². The van der Waals surface area contributed by atoms with Gasteiger partial charge in [-0.2, -0.15) is 0 Å². The van der Waals surface area contributed by atoms with Crippen LogP contribution in [0, 0.1) is 10.1 Å². The van der Waals surface area contributed by atoms with Crippen LogP contribution in [-0.4, -0.2) is 22.2 Å². The molecule has 0 heterocycles. The number of aliphatic hydroxyl groups is 1. The number of aliphatic hydroxyl groups excluding tert-OH is 1. The first-order valence-electron chi connectivity index (χ1n) is 5.06. The van der Waals surface area contributed by atoms with Gasteiger partial charge in [0.15, 0.2) is 0 Å². The molecule has 1 aromatic rings. The highest BCUT2D eigenvalue weighted by Gasteiger charge is 2.44. The number of hydrogen-bond donors (Lipinski definition) is 1. The zero-order valence-electron chi connectivity index (χ0n) is 8.24. The van der Waals surface area contributed by atoms with Crippen LogP contribution in [-0.2, 0) is 0 Å². The van der Waals surface area contributed by atoms with Crippen molar-refractivity contribution >= 4 is 0 Å². The quantitative estimate of drug-likeness (QED) is 0.591. The van der Waals surface area contributed by atoms with Crippen LogP contribution in [0.2, 0.25) is 0 Å². The second-order valence-corrected chi connectivity index (χ2v) is 3.94. The second-order valence-electron chi connectivity index (χ2n) is 3.94. The van der Waals surface area contributed by atoms with Gasteiger partial charge < -0.3 is 5.11 Å². The Kier molecular flexibility index (Phi) is 2.68. The molecular formula is C11H13NO3. The molecule has 0 aliphatic heterocycles. The van der Waals surface area contributed by atoms with E-state index in [0.29, 0.717) is 12.8 Å². The predicted molar refractivity (Wildman–Crippen MR) is 55.2 cm³/mol. The molecule has 1 aliphatic rings. The summed E-state index contributed by atoms with van der Waals surface area (Å²) in [7, 11) is 0. The lowest BCUT2D eigenvalue weighted by Crippen LogP contribution is -2.32. The summed E-state index contributed by atoms with van der Waals surface area (Å²) in [5.74, 6) is -0.142. The third-order valence-electron chi connectivity index (χ3n) is 3.05. The topological polar surface area (TPSA) is 63.4 Å². The molecular weight excluding hydrogens is 194 g/mol. The van der Waals surface area contributed by atoms with Gasteiger partial charge in [0.1, 0.15) is 6.10 Å². The highest BCUT2D eigenvalue weighted by Crippen LogP contribution is 2.36. The predicted octanol–water partition coefficient (Wildman–Crippen LogP) is 1.57. The zero-order chi connectivity index (χ0) is 10.8. The smallest absolute Gasteiger partial charge is 0.245 e. The summed E-state index contributed by atoms with van der Waals surface area (Å²) in [4.78, 5) is 10.5. The van der Waals surface area contributed by atoms with E-state index in [1.807, 2.05) is 30.3 Å². The molecule has 15 heavy (non-hydrogen) atoms. The van der Waals surface area contributed by atoms with Crippen LogP contribution in [0.25, 0.3) is 0 Å². The Morgan fingerprint density at radius 1 is 1.27 bits per heavy atom. The number of rotatable bonds is 2. The summed E-state index contributed by atoms with van der Waals surface area (Å²) in [6.45, 7) is 0. The standard InChI is InChI=1S/C11H13NO3/c13-10-7-6-9(11(10)12(14)15)8-4-2-1-3-5-8/h1-5,9-11,13H,6-7H2/t9-,10?,11?/m0/s1. The van der Waals surface area contributed by atoms with Crippen LogP contribution >= 0.6 is 0 Å². The second kappa shape index (κ2) is 3.98.